The summed E-state index contributed by atoms with van der Waals surface area (Å²) in [5.74, 6) is 0.956. The number of hydrogen-bond acceptors (Lipinski definition) is 3. The first kappa shape index (κ1) is 15.0. The number of benzene rings is 2. The van der Waals surface area contributed by atoms with Gasteiger partial charge in [-0.3, -0.25) is 4.79 Å². The zero-order chi connectivity index (χ0) is 15.2. The van der Waals surface area contributed by atoms with Gasteiger partial charge in [0.1, 0.15) is 23.1 Å². The van der Waals surface area contributed by atoms with E-state index in [0.717, 1.165) is 12.2 Å². The van der Waals surface area contributed by atoms with Gasteiger partial charge in [0.05, 0.1) is 12.2 Å². The van der Waals surface area contributed by atoms with E-state index < -0.39 is 5.82 Å². The SMILES string of the molecule is CCCOc1ccc(Oc2ccc(F)cc2C(C)=O)cc1. The molecule has 0 radical (unpaired) electrons. The average molecular weight is 288 g/mol. The smallest absolute Gasteiger partial charge is 0.163 e. The van der Waals surface area contributed by atoms with Crippen molar-refractivity contribution in [1.82, 2.24) is 0 Å². The van der Waals surface area contributed by atoms with E-state index in [1.807, 2.05) is 6.92 Å². The number of carbonyl (C=O) groups excluding carboxylic acids is 1. The number of halogens is 1. The van der Waals surface area contributed by atoms with Gasteiger partial charge in [0.2, 0.25) is 0 Å². The lowest BCUT2D eigenvalue weighted by Gasteiger charge is -2.10. The van der Waals surface area contributed by atoms with Gasteiger partial charge in [-0.05, 0) is 55.8 Å². The maximum Gasteiger partial charge on any atom is 0.163 e. The van der Waals surface area contributed by atoms with E-state index in [1.165, 1.54) is 25.1 Å². The van der Waals surface area contributed by atoms with Crippen LogP contribution in [0.25, 0.3) is 0 Å². The number of Topliss-reactive ketones (excluding diaryl/α,β-unsaturated/α-hetero) is 1. The van der Waals surface area contributed by atoms with Crippen molar-refractivity contribution in [2.45, 2.75) is 20.3 Å². The van der Waals surface area contributed by atoms with Crippen LogP contribution in [0.5, 0.6) is 17.2 Å². The fraction of sp³-hybridized carbons (Fsp3) is 0.235. The van der Waals surface area contributed by atoms with Crippen molar-refractivity contribution in [3.63, 3.8) is 0 Å². The molecular weight excluding hydrogens is 271 g/mol. The molecule has 2 rings (SSSR count). The summed E-state index contributed by atoms with van der Waals surface area (Å²) < 4.78 is 24.3. The van der Waals surface area contributed by atoms with E-state index in [2.05, 4.69) is 0 Å². The van der Waals surface area contributed by atoms with Crippen LogP contribution in [-0.4, -0.2) is 12.4 Å². The van der Waals surface area contributed by atoms with E-state index in [1.54, 1.807) is 24.3 Å². The second kappa shape index (κ2) is 6.88. The summed E-state index contributed by atoms with van der Waals surface area (Å²) in [5, 5.41) is 0. The molecule has 2 aromatic rings. The number of rotatable bonds is 6. The molecule has 0 aliphatic rings. The Morgan fingerprint density at radius 2 is 1.76 bits per heavy atom. The normalized spacial score (nSPS) is 10.2. The summed E-state index contributed by atoms with van der Waals surface area (Å²) in [6.07, 6.45) is 0.940. The van der Waals surface area contributed by atoms with Crippen molar-refractivity contribution in [3.05, 3.63) is 53.8 Å². The number of ether oxygens (including phenoxy) is 2. The van der Waals surface area contributed by atoms with Gasteiger partial charge in [0.15, 0.2) is 5.78 Å². The Balaban J connectivity index is 2.16. The highest BCUT2D eigenvalue weighted by Gasteiger charge is 2.11. The zero-order valence-corrected chi connectivity index (χ0v) is 12.1. The molecule has 0 fully saturated rings. The first-order valence-electron chi connectivity index (χ1n) is 6.81. The van der Waals surface area contributed by atoms with E-state index >= 15 is 0 Å². The van der Waals surface area contributed by atoms with Gasteiger partial charge in [-0.2, -0.15) is 0 Å². The molecular formula is C17H17FO3. The van der Waals surface area contributed by atoms with Crippen LogP contribution in [0.2, 0.25) is 0 Å². The van der Waals surface area contributed by atoms with Crippen LogP contribution in [0.1, 0.15) is 30.6 Å². The Morgan fingerprint density at radius 1 is 1.10 bits per heavy atom. The lowest BCUT2D eigenvalue weighted by Crippen LogP contribution is -1.98. The minimum absolute atomic E-state index is 0.223. The van der Waals surface area contributed by atoms with Gasteiger partial charge in [0.25, 0.3) is 0 Å². The third-order valence-electron chi connectivity index (χ3n) is 2.85. The Bertz CT molecular complexity index is 620. The summed E-state index contributed by atoms with van der Waals surface area (Å²) in [6.45, 7) is 4.07. The monoisotopic (exact) mass is 288 g/mol. The maximum atomic E-state index is 13.2. The maximum absolute atomic E-state index is 13.2. The third-order valence-corrected chi connectivity index (χ3v) is 2.85. The van der Waals surface area contributed by atoms with Gasteiger partial charge in [-0.15, -0.1) is 0 Å². The average Bonchev–Trinajstić information content (AvgIpc) is 2.48. The Kier molecular flexibility index (Phi) is 4.93. The Labute approximate surface area is 123 Å². The molecule has 0 spiro atoms. The molecule has 0 unspecified atom stereocenters. The minimum Gasteiger partial charge on any atom is -0.494 e. The van der Waals surface area contributed by atoms with E-state index in [4.69, 9.17) is 9.47 Å². The number of carbonyl (C=O) groups is 1. The predicted octanol–water partition coefficient (Wildman–Crippen LogP) is 4.61. The largest absolute Gasteiger partial charge is 0.494 e. The number of ketones is 1. The number of hydrogen-bond donors (Lipinski definition) is 0. The first-order chi connectivity index (χ1) is 10.1. The highest BCUT2D eigenvalue weighted by molar-refractivity contribution is 5.96. The van der Waals surface area contributed by atoms with Gasteiger partial charge >= 0.3 is 0 Å². The van der Waals surface area contributed by atoms with Crippen LogP contribution in [-0.2, 0) is 0 Å². The second-order valence-electron chi connectivity index (χ2n) is 4.62. The standard InChI is InChI=1S/C17H17FO3/c1-3-10-20-14-5-7-15(8-6-14)21-17-9-4-13(18)11-16(17)12(2)19/h4-9,11H,3,10H2,1-2H3. The van der Waals surface area contributed by atoms with Gasteiger partial charge in [-0.25, -0.2) is 4.39 Å². The first-order valence-corrected chi connectivity index (χ1v) is 6.81. The molecule has 0 heterocycles. The molecule has 0 N–H and O–H groups in total. The minimum atomic E-state index is -0.462. The highest BCUT2D eigenvalue weighted by Crippen LogP contribution is 2.27. The quantitative estimate of drug-likeness (QED) is 0.728. The molecule has 0 amide bonds. The molecule has 21 heavy (non-hydrogen) atoms. The third kappa shape index (κ3) is 4.05. The van der Waals surface area contributed by atoms with Crippen molar-refractivity contribution in [2.24, 2.45) is 0 Å². The fourth-order valence-electron chi connectivity index (χ4n) is 1.82. The van der Waals surface area contributed by atoms with E-state index in [0.29, 0.717) is 18.1 Å². The molecule has 0 atom stereocenters. The lowest BCUT2D eigenvalue weighted by atomic mass is 10.1. The summed E-state index contributed by atoms with van der Waals surface area (Å²) in [4.78, 5) is 11.5. The summed E-state index contributed by atoms with van der Waals surface area (Å²) in [5.41, 5.74) is 0.223. The molecule has 2 aromatic carbocycles. The molecule has 0 aliphatic carbocycles. The molecule has 4 heteroatoms. The van der Waals surface area contributed by atoms with Gasteiger partial charge < -0.3 is 9.47 Å². The predicted molar refractivity (Wildman–Crippen MR) is 78.7 cm³/mol. The molecule has 0 aromatic heterocycles. The Hall–Kier alpha value is -2.36. The van der Waals surface area contributed by atoms with Gasteiger partial charge in [-0.1, -0.05) is 6.92 Å². The highest BCUT2D eigenvalue weighted by atomic mass is 19.1. The van der Waals surface area contributed by atoms with Crippen molar-refractivity contribution >= 4 is 5.78 Å². The van der Waals surface area contributed by atoms with Crippen LogP contribution in [0.15, 0.2) is 42.5 Å². The second-order valence-corrected chi connectivity index (χ2v) is 4.62. The summed E-state index contributed by atoms with van der Waals surface area (Å²) in [7, 11) is 0. The summed E-state index contributed by atoms with van der Waals surface area (Å²) in [6, 6.07) is 11.0. The molecule has 0 saturated carbocycles. The molecule has 3 nitrogen and oxygen atoms in total. The van der Waals surface area contributed by atoms with E-state index in [9.17, 15) is 9.18 Å². The van der Waals surface area contributed by atoms with Crippen LogP contribution >= 0.6 is 0 Å². The van der Waals surface area contributed by atoms with Crippen LogP contribution in [0, 0.1) is 5.82 Å². The Morgan fingerprint density at radius 3 is 2.38 bits per heavy atom. The molecule has 0 bridgehead atoms. The van der Waals surface area contributed by atoms with Crippen molar-refractivity contribution in [3.8, 4) is 17.2 Å². The van der Waals surface area contributed by atoms with Crippen molar-refractivity contribution in [1.29, 1.82) is 0 Å². The topological polar surface area (TPSA) is 35.5 Å². The molecule has 110 valence electrons. The fourth-order valence-corrected chi connectivity index (χ4v) is 1.82. The van der Waals surface area contributed by atoms with Crippen molar-refractivity contribution in [2.75, 3.05) is 6.61 Å². The zero-order valence-electron chi connectivity index (χ0n) is 12.1. The van der Waals surface area contributed by atoms with Crippen LogP contribution < -0.4 is 9.47 Å². The van der Waals surface area contributed by atoms with Crippen LogP contribution in [0.4, 0.5) is 4.39 Å². The lowest BCUT2D eigenvalue weighted by molar-refractivity contribution is 0.101. The summed E-state index contributed by atoms with van der Waals surface area (Å²) >= 11 is 0. The molecule has 0 aliphatic heterocycles. The molecule has 0 saturated heterocycles. The van der Waals surface area contributed by atoms with E-state index in [-0.39, 0.29) is 11.3 Å². The van der Waals surface area contributed by atoms with Gasteiger partial charge in [0, 0.05) is 0 Å². The van der Waals surface area contributed by atoms with Crippen molar-refractivity contribution < 1.29 is 18.7 Å². The van der Waals surface area contributed by atoms with Crippen LogP contribution in [0.3, 0.4) is 0 Å².